The Morgan fingerprint density at radius 1 is 1.37 bits per heavy atom. The first kappa shape index (κ1) is 12.8. The summed E-state index contributed by atoms with van der Waals surface area (Å²) in [6, 6.07) is 6.09. The number of aromatic carboxylic acids is 1. The standard InChI is InChI=1S/C14H17ClN2O2/c15-9-1-4-13(12(7-9)14(18)19)16-10-5-6-17(8-10)11-2-3-11/h1,4,7,10-11,16H,2-3,5-6,8H2,(H,18,19). The zero-order valence-corrected chi connectivity index (χ0v) is 11.4. The minimum Gasteiger partial charge on any atom is -0.478 e. The molecule has 1 saturated heterocycles. The number of benzene rings is 1. The molecule has 1 aliphatic carbocycles. The monoisotopic (exact) mass is 280 g/mol. The van der Waals surface area contributed by atoms with E-state index in [0.717, 1.165) is 25.6 Å². The molecule has 0 amide bonds. The normalized spacial score (nSPS) is 23.5. The number of likely N-dealkylation sites (tertiary alicyclic amines) is 1. The van der Waals surface area contributed by atoms with Crippen molar-refractivity contribution in [2.24, 2.45) is 0 Å². The smallest absolute Gasteiger partial charge is 0.337 e. The fourth-order valence-corrected chi connectivity index (χ4v) is 2.89. The number of nitrogens with zero attached hydrogens (tertiary/aromatic N) is 1. The average molecular weight is 281 g/mol. The summed E-state index contributed by atoms with van der Waals surface area (Å²) in [6.07, 6.45) is 3.69. The van der Waals surface area contributed by atoms with E-state index in [1.54, 1.807) is 12.1 Å². The Balaban J connectivity index is 1.71. The molecule has 102 valence electrons. The summed E-state index contributed by atoms with van der Waals surface area (Å²) in [5, 5.41) is 13.0. The van der Waals surface area contributed by atoms with Gasteiger partial charge in [0.15, 0.2) is 0 Å². The van der Waals surface area contributed by atoms with Crippen LogP contribution in [0.1, 0.15) is 29.6 Å². The van der Waals surface area contributed by atoms with Crippen LogP contribution in [0.15, 0.2) is 18.2 Å². The van der Waals surface area contributed by atoms with E-state index in [4.69, 9.17) is 11.6 Å². The van der Waals surface area contributed by atoms with Crippen LogP contribution >= 0.6 is 11.6 Å². The van der Waals surface area contributed by atoms with Gasteiger partial charge >= 0.3 is 5.97 Å². The van der Waals surface area contributed by atoms with E-state index >= 15 is 0 Å². The van der Waals surface area contributed by atoms with Crippen LogP contribution in [0.3, 0.4) is 0 Å². The topological polar surface area (TPSA) is 52.6 Å². The molecule has 2 fully saturated rings. The third kappa shape index (κ3) is 2.85. The van der Waals surface area contributed by atoms with Gasteiger partial charge in [-0.25, -0.2) is 4.79 Å². The van der Waals surface area contributed by atoms with Crippen LogP contribution in [0.4, 0.5) is 5.69 Å². The van der Waals surface area contributed by atoms with E-state index in [9.17, 15) is 9.90 Å². The molecule has 0 bridgehead atoms. The van der Waals surface area contributed by atoms with Crippen molar-refractivity contribution in [3.63, 3.8) is 0 Å². The summed E-state index contributed by atoms with van der Waals surface area (Å²) in [6.45, 7) is 2.12. The van der Waals surface area contributed by atoms with Gasteiger partial charge in [-0.3, -0.25) is 4.90 Å². The maximum atomic E-state index is 11.2. The first-order valence-corrected chi connectivity index (χ1v) is 7.05. The molecule has 1 aromatic carbocycles. The average Bonchev–Trinajstić information content (AvgIpc) is 3.12. The van der Waals surface area contributed by atoms with Crippen LogP contribution < -0.4 is 5.32 Å². The van der Waals surface area contributed by atoms with E-state index in [2.05, 4.69) is 10.2 Å². The number of hydrogen-bond acceptors (Lipinski definition) is 3. The maximum Gasteiger partial charge on any atom is 0.337 e. The summed E-state index contributed by atoms with van der Waals surface area (Å²) >= 11 is 5.85. The molecule has 5 heteroatoms. The van der Waals surface area contributed by atoms with Gasteiger partial charge in [0.05, 0.1) is 5.56 Å². The molecule has 4 nitrogen and oxygen atoms in total. The van der Waals surface area contributed by atoms with E-state index in [-0.39, 0.29) is 5.56 Å². The van der Waals surface area contributed by atoms with Gasteiger partial charge < -0.3 is 10.4 Å². The Hall–Kier alpha value is -1.26. The molecule has 19 heavy (non-hydrogen) atoms. The lowest BCUT2D eigenvalue weighted by molar-refractivity contribution is 0.0698. The van der Waals surface area contributed by atoms with E-state index in [1.165, 1.54) is 18.9 Å². The lowest BCUT2D eigenvalue weighted by Gasteiger charge is -2.18. The van der Waals surface area contributed by atoms with Gasteiger partial charge in [0.1, 0.15) is 0 Å². The van der Waals surface area contributed by atoms with Gasteiger partial charge in [-0.1, -0.05) is 11.6 Å². The van der Waals surface area contributed by atoms with Crippen molar-refractivity contribution in [1.29, 1.82) is 0 Å². The minimum atomic E-state index is -0.943. The van der Waals surface area contributed by atoms with Crippen LogP contribution in [0.25, 0.3) is 0 Å². The lowest BCUT2D eigenvalue weighted by Crippen LogP contribution is -2.28. The maximum absolute atomic E-state index is 11.2. The molecule has 2 aliphatic rings. The van der Waals surface area contributed by atoms with E-state index < -0.39 is 5.97 Å². The largest absolute Gasteiger partial charge is 0.478 e. The second kappa shape index (κ2) is 5.02. The lowest BCUT2D eigenvalue weighted by atomic mass is 10.1. The molecule has 1 aromatic rings. The van der Waals surface area contributed by atoms with Gasteiger partial charge in [0.25, 0.3) is 0 Å². The third-order valence-electron chi connectivity index (χ3n) is 3.85. The molecule has 1 aliphatic heterocycles. The summed E-state index contributed by atoms with van der Waals surface area (Å²) in [7, 11) is 0. The first-order chi connectivity index (χ1) is 9.13. The molecular formula is C14H17ClN2O2. The number of hydrogen-bond donors (Lipinski definition) is 2. The molecular weight excluding hydrogens is 264 g/mol. The van der Waals surface area contributed by atoms with Crippen LogP contribution in [-0.2, 0) is 0 Å². The highest BCUT2D eigenvalue weighted by atomic mass is 35.5. The highest BCUT2D eigenvalue weighted by molar-refractivity contribution is 6.31. The summed E-state index contributed by atoms with van der Waals surface area (Å²) in [5.74, 6) is -0.943. The zero-order chi connectivity index (χ0) is 13.4. The van der Waals surface area contributed by atoms with Gasteiger partial charge in [-0.15, -0.1) is 0 Å². The van der Waals surface area contributed by atoms with Crippen molar-refractivity contribution in [3.05, 3.63) is 28.8 Å². The Morgan fingerprint density at radius 3 is 2.84 bits per heavy atom. The van der Waals surface area contributed by atoms with Crippen molar-refractivity contribution in [2.75, 3.05) is 18.4 Å². The second-order valence-electron chi connectivity index (χ2n) is 5.35. The Bertz CT molecular complexity index is 502. The van der Waals surface area contributed by atoms with Crippen LogP contribution in [0.5, 0.6) is 0 Å². The van der Waals surface area contributed by atoms with Crippen LogP contribution in [-0.4, -0.2) is 41.1 Å². The molecule has 1 atom stereocenters. The van der Waals surface area contributed by atoms with Gasteiger partial charge in [0.2, 0.25) is 0 Å². The molecule has 0 spiro atoms. The van der Waals surface area contributed by atoms with Gasteiger partial charge in [-0.2, -0.15) is 0 Å². The molecule has 3 rings (SSSR count). The number of carboxylic acid groups (broad SMARTS) is 1. The number of nitrogens with one attached hydrogen (secondary N) is 1. The van der Waals surface area contributed by atoms with Gasteiger partial charge in [-0.05, 0) is 37.5 Å². The summed E-state index contributed by atoms with van der Waals surface area (Å²) in [4.78, 5) is 13.7. The minimum absolute atomic E-state index is 0.248. The quantitative estimate of drug-likeness (QED) is 0.890. The number of halogens is 1. The first-order valence-electron chi connectivity index (χ1n) is 6.67. The van der Waals surface area contributed by atoms with Crippen molar-refractivity contribution in [2.45, 2.75) is 31.3 Å². The van der Waals surface area contributed by atoms with Crippen molar-refractivity contribution < 1.29 is 9.90 Å². The molecule has 2 N–H and O–H groups in total. The number of rotatable bonds is 4. The van der Waals surface area contributed by atoms with Gasteiger partial charge in [0, 0.05) is 35.9 Å². The second-order valence-corrected chi connectivity index (χ2v) is 5.79. The fourth-order valence-electron chi connectivity index (χ4n) is 2.72. The highest BCUT2D eigenvalue weighted by Crippen LogP contribution is 2.31. The Morgan fingerprint density at radius 2 is 2.16 bits per heavy atom. The number of carbonyl (C=O) groups is 1. The fraction of sp³-hybridized carbons (Fsp3) is 0.500. The highest BCUT2D eigenvalue weighted by Gasteiger charge is 2.34. The van der Waals surface area contributed by atoms with E-state index in [0.29, 0.717) is 16.8 Å². The third-order valence-corrected chi connectivity index (χ3v) is 4.09. The summed E-state index contributed by atoms with van der Waals surface area (Å²) in [5.41, 5.74) is 0.914. The molecule has 1 unspecified atom stereocenters. The Kier molecular flexibility index (Phi) is 3.37. The molecule has 0 aromatic heterocycles. The van der Waals surface area contributed by atoms with Crippen LogP contribution in [0, 0.1) is 0 Å². The van der Waals surface area contributed by atoms with Crippen molar-refractivity contribution in [1.82, 2.24) is 4.90 Å². The van der Waals surface area contributed by atoms with Crippen molar-refractivity contribution >= 4 is 23.3 Å². The number of anilines is 1. The SMILES string of the molecule is O=C(O)c1cc(Cl)ccc1NC1CCN(C2CC2)C1. The number of carboxylic acids is 1. The molecule has 0 radical (unpaired) electrons. The zero-order valence-electron chi connectivity index (χ0n) is 10.6. The molecule has 1 heterocycles. The van der Waals surface area contributed by atoms with Crippen molar-refractivity contribution in [3.8, 4) is 0 Å². The predicted octanol–water partition coefficient (Wildman–Crippen LogP) is 2.69. The summed E-state index contributed by atoms with van der Waals surface area (Å²) < 4.78 is 0. The molecule has 1 saturated carbocycles. The van der Waals surface area contributed by atoms with E-state index in [1.807, 2.05) is 0 Å². The predicted molar refractivity (Wildman–Crippen MR) is 75.0 cm³/mol. The van der Waals surface area contributed by atoms with Crippen LogP contribution in [0.2, 0.25) is 5.02 Å². The Labute approximate surface area is 117 Å².